The average molecular weight is 388 g/mol. The molecule has 1 atom stereocenters. The fourth-order valence-electron chi connectivity index (χ4n) is 2.38. The van der Waals surface area contributed by atoms with Crippen molar-refractivity contribution in [3.05, 3.63) is 72.5 Å². The van der Waals surface area contributed by atoms with Crippen LogP contribution in [0, 0.1) is 5.82 Å². The van der Waals surface area contributed by atoms with Gasteiger partial charge in [0.25, 0.3) is 15.9 Å². The number of rotatable bonds is 6. The third kappa shape index (κ3) is 4.60. The predicted octanol–water partition coefficient (Wildman–Crippen LogP) is 2.76. The Bertz CT molecular complexity index is 1070. The first kappa shape index (κ1) is 18.8. The standard InChI is InChI=1S/C19H17FN2O4S/c1-13(26-17-9-7-16(20)8-10-17)19(23)21-22-27(24,25)18-11-6-14-4-2-3-5-15(14)12-18/h2-13,22H,1H3,(H,21,23)/t13-/m0/s1. The van der Waals surface area contributed by atoms with E-state index in [9.17, 15) is 17.6 Å². The number of nitrogens with one attached hydrogen (secondary N) is 2. The second-order valence-corrected chi connectivity index (χ2v) is 7.50. The van der Waals surface area contributed by atoms with E-state index in [0.717, 1.165) is 10.8 Å². The summed E-state index contributed by atoms with van der Waals surface area (Å²) in [6.45, 7) is 1.45. The van der Waals surface area contributed by atoms with Crippen molar-refractivity contribution >= 4 is 26.7 Å². The van der Waals surface area contributed by atoms with Gasteiger partial charge in [-0.1, -0.05) is 30.3 Å². The summed E-state index contributed by atoms with van der Waals surface area (Å²) in [5, 5.41) is 1.67. The number of carbonyl (C=O) groups excluding carboxylic acids is 1. The van der Waals surface area contributed by atoms with Gasteiger partial charge in [0.2, 0.25) is 0 Å². The molecule has 1 amide bonds. The summed E-state index contributed by atoms with van der Waals surface area (Å²) in [6.07, 6.45) is -0.991. The Balaban J connectivity index is 1.64. The van der Waals surface area contributed by atoms with E-state index in [1.54, 1.807) is 12.1 Å². The number of benzene rings is 3. The summed E-state index contributed by atoms with van der Waals surface area (Å²) < 4.78 is 43.0. The highest BCUT2D eigenvalue weighted by atomic mass is 32.2. The van der Waals surface area contributed by atoms with Crippen molar-refractivity contribution in [3.63, 3.8) is 0 Å². The number of sulfonamides is 1. The van der Waals surface area contributed by atoms with Crippen LogP contribution < -0.4 is 15.0 Å². The van der Waals surface area contributed by atoms with Gasteiger partial charge in [0.1, 0.15) is 11.6 Å². The Morgan fingerprint density at radius 2 is 1.67 bits per heavy atom. The smallest absolute Gasteiger partial charge is 0.275 e. The normalized spacial score (nSPS) is 12.5. The van der Waals surface area contributed by atoms with Crippen LogP contribution in [0.25, 0.3) is 10.8 Å². The van der Waals surface area contributed by atoms with Crippen LogP contribution in [0.4, 0.5) is 4.39 Å². The minimum Gasteiger partial charge on any atom is -0.481 e. The lowest BCUT2D eigenvalue weighted by molar-refractivity contribution is -0.127. The Morgan fingerprint density at radius 3 is 2.37 bits per heavy atom. The third-order valence-corrected chi connectivity index (χ3v) is 5.08. The van der Waals surface area contributed by atoms with Crippen molar-refractivity contribution in [2.75, 3.05) is 0 Å². The summed E-state index contributed by atoms with van der Waals surface area (Å²) in [5.41, 5.74) is 2.12. The number of hydrogen-bond donors (Lipinski definition) is 2. The van der Waals surface area contributed by atoms with Crippen LogP contribution in [0.5, 0.6) is 5.75 Å². The molecule has 0 fully saturated rings. The molecule has 0 aliphatic carbocycles. The summed E-state index contributed by atoms with van der Waals surface area (Å²) >= 11 is 0. The van der Waals surface area contributed by atoms with Crippen molar-refractivity contribution in [1.82, 2.24) is 10.3 Å². The van der Waals surface area contributed by atoms with Gasteiger partial charge < -0.3 is 4.74 Å². The number of fused-ring (bicyclic) bond motifs is 1. The maximum absolute atomic E-state index is 12.9. The van der Waals surface area contributed by atoms with E-state index in [2.05, 4.69) is 5.43 Å². The van der Waals surface area contributed by atoms with Crippen molar-refractivity contribution < 1.29 is 22.3 Å². The van der Waals surface area contributed by atoms with E-state index in [1.165, 1.54) is 43.3 Å². The highest BCUT2D eigenvalue weighted by Crippen LogP contribution is 2.18. The third-order valence-electron chi connectivity index (χ3n) is 3.84. The Kier molecular flexibility index (Phi) is 5.38. The molecule has 0 bridgehead atoms. The average Bonchev–Trinajstić information content (AvgIpc) is 2.67. The molecule has 0 unspecified atom stereocenters. The molecular formula is C19H17FN2O4S. The Hall–Kier alpha value is -2.97. The number of amides is 1. The molecule has 8 heteroatoms. The fraction of sp³-hybridized carbons (Fsp3) is 0.105. The molecule has 0 aliphatic heterocycles. The zero-order valence-corrected chi connectivity index (χ0v) is 15.2. The lowest BCUT2D eigenvalue weighted by Crippen LogP contribution is -2.47. The van der Waals surface area contributed by atoms with Crippen molar-refractivity contribution in [2.24, 2.45) is 0 Å². The van der Waals surface area contributed by atoms with Crippen molar-refractivity contribution in [1.29, 1.82) is 0 Å². The van der Waals surface area contributed by atoms with Gasteiger partial charge in [-0.05, 0) is 54.1 Å². The molecular weight excluding hydrogens is 371 g/mol. The van der Waals surface area contributed by atoms with Crippen LogP contribution in [-0.2, 0) is 14.8 Å². The van der Waals surface area contributed by atoms with Gasteiger partial charge in [-0.15, -0.1) is 4.83 Å². The summed E-state index contributed by atoms with van der Waals surface area (Å²) in [4.78, 5) is 14.1. The summed E-state index contributed by atoms with van der Waals surface area (Å²) in [7, 11) is -3.95. The lowest BCUT2D eigenvalue weighted by atomic mass is 10.1. The van der Waals surface area contributed by atoms with Crippen LogP contribution in [0.1, 0.15) is 6.92 Å². The molecule has 0 saturated carbocycles. The van der Waals surface area contributed by atoms with Crippen LogP contribution >= 0.6 is 0 Å². The summed E-state index contributed by atoms with van der Waals surface area (Å²) in [6, 6.07) is 17.1. The van der Waals surface area contributed by atoms with E-state index in [4.69, 9.17) is 4.74 Å². The van der Waals surface area contributed by atoms with Gasteiger partial charge in [-0.2, -0.15) is 0 Å². The predicted molar refractivity (Wildman–Crippen MR) is 98.9 cm³/mol. The van der Waals surface area contributed by atoms with Crippen LogP contribution in [0.3, 0.4) is 0 Å². The SMILES string of the molecule is C[C@H](Oc1ccc(F)cc1)C(=O)NNS(=O)(=O)c1ccc2ccccc2c1. The van der Waals surface area contributed by atoms with E-state index in [-0.39, 0.29) is 10.6 Å². The van der Waals surface area contributed by atoms with Gasteiger partial charge in [-0.3, -0.25) is 10.2 Å². The van der Waals surface area contributed by atoms with E-state index >= 15 is 0 Å². The maximum Gasteiger partial charge on any atom is 0.275 e. The monoisotopic (exact) mass is 388 g/mol. The minimum absolute atomic E-state index is 0.0219. The molecule has 140 valence electrons. The molecule has 0 heterocycles. The molecule has 0 saturated heterocycles. The van der Waals surface area contributed by atoms with E-state index in [1.807, 2.05) is 23.0 Å². The number of hydrogen-bond acceptors (Lipinski definition) is 4. The van der Waals surface area contributed by atoms with Crippen molar-refractivity contribution in [3.8, 4) is 5.75 Å². The molecule has 0 aliphatic rings. The molecule has 0 radical (unpaired) electrons. The molecule has 2 N–H and O–H groups in total. The fourth-order valence-corrected chi connectivity index (χ4v) is 3.27. The van der Waals surface area contributed by atoms with Crippen molar-refractivity contribution in [2.45, 2.75) is 17.9 Å². The van der Waals surface area contributed by atoms with Gasteiger partial charge in [0.15, 0.2) is 6.10 Å². The maximum atomic E-state index is 12.9. The first-order chi connectivity index (χ1) is 12.8. The first-order valence-corrected chi connectivity index (χ1v) is 9.56. The molecule has 3 rings (SSSR count). The van der Waals surface area contributed by atoms with Gasteiger partial charge in [0, 0.05) is 0 Å². The first-order valence-electron chi connectivity index (χ1n) is 8.08. The molecule has 27 heavy (non-hydrogen) atoms. The zero-order valence-electron chi connectivity index (χ0n) is 14.3. The highest BCUT2D eigenvalue weighted by Gasteiger charge is 2.19. The topological polar surface area (TPSA) is 84.5 Å². The minimum atomic E-state index is -3.95. The number of hydrazine groups is 1. The number of carbonyl (C=O) groups is 1. The zero-order chi connectivity index (χ0) is 19.4. The Morgan fingerprint density at radius 1 is 1.00 bits per heavy atom. The van der Waals surface area contributed by atoms with Gasteiger partial charge in [0.05, 0.1) is 4.90 Å². The van der Waals surface area contributed by atoms with Gasteiger partial charge >= 0.3 is 0 Å². The molecule has 3 aromatic carbocycles. The van der Waals surface area contributed by atoms with Gasteiger partial charge in [-0.25, -0.2) is 12.8 Å². The molecule has 0 aromatic heterocycles. The molecule has 3 aromatic rings. The van der Waals surface area contributed by atoms with E-state index < -0.39 is 27.9 Å². The van der Waals surface area contributed by atoms with Crippen LogP contribution in [-0.4, -0.2) is 20.4 Å². The van der Waals surface area contributed by atoms with Crippen LogP contribution in [0.15, 0.2) is 71.6 Å². The molecule has 6 nitrogen and oxygen atoms in total. The molecule has 0 spiro atoms. The quantitative estimate of drug-likeness (QED) is 0.636. The largest absolute Gasteiger partial charge is 0.481 e. The second-order valence-electron chi connectivity index (χ2n) is 5.82. The lowest BCUT2D eigenvalue weighted by Gasteiger charge is -2.15. The summed E-state index contributed by atoms with van der Waals surface area (Å²) in [5.74, 6) is -0.831. The van der Waals surface area contributed by atoms with E-state index in [0.29, 0.717) is 0 Å². The highest BCUT2D eigenvalue weighted by molar-refractivity contribution is 7.89. The Labute approximate surface area is 156 Å². The van der Waals surface area contributed by atoms with Crippen LogP contribution in [0.2, 0.25) is 0 Å². The second kappa shape index (κ2) is 7.73. The number of halogens is 1. The number of ether oxygens (including phenoxy) is 1.